The van der Waals surface area contributed by atoms with Gasteiger partial charge in [0.05, 0.1) is 5.75 Å². The van der Waals surface area contributed by atoms with Crippen molar-refractivity contribution in [3.63, 3.8) is 0 Å². The Morgan fingerprint density at radius 3 is 2.54 bits per heavy atom. The molecule has 2 aromatic rings. The van der Waals surface area contributed by atoms with E-state index in [9.17, 15) is 13.2 Å². The zero-order valence-corrected chi connectivity index (χ0v) is 15.7. The number of carbonyl (C=O) groups excluding carboxylic acids is 1. The minimum absolute atomic E-state index is 0.0434. The number of anilines is 1. The molecule has 1 amide bonds. The molecule has 26 heavy (non-hydrogen) atoms. The van der Waals surface area contributed by atoms with Crippen LogP contribution >= 0.6 is 0 Å². The van der Waals surface area contributed by atoms with E-state index in [2.05, 4.69) is 11.3 Å². The summed E-state index contributed by atoms with van der Waals surface area (Å²) >= 11 is 0. The van der Waals surface area contributed by atoms with Crippen LogP contribution in [-0.4, -0.2) is 31.5 Å². The number of nitrogens with zero attached hydrogens (tertiary/aromatic N) is 1. The van der Waals surface area contributed by atoms with Gasteiger partial charge in [-0.15, -0.1) is 6.58 Å². The Morgan fingerprint density at radius 2 is 1.88 bits per heavy atom. The first-order chi connectivity index (χ1) is 12.4. The molecule has 0 unspecified atom stereocenters. The molecule has 1 N–H and O–H groups in total. The molecule has 5 nitrogen and oxygen atoms in total. The second kappa shape index (κ2) is 9.20. The Kier molecular flexibility index (Phi) is 6.97. The molecule has 0 aromatic heterocycles. The van der Waals surface area contributed by atoms with Gasteiger partial charge in [0.15, 0.2) is 0 Å². The third-order valence-corrected chi connectivity index (χ3v) is 5.20. The van der Waals surface area contributed by atoms with E-state index in [-0.39, 0.29) is 11.7 Å². The van der Waals surface area contributed by atoms with Crippen LogP contribution in [0.2, 0.25) is 0 Å². The number of amides is 1. The van der Waals surface area contributed by atoms with E-state index in [0.717, 1.165) is 5.56 Å². The molecule has 0 saturated carbocycles. The lowest BCUT2D eigenvalue weighted by atomic mass is 10.1. The maximum absolute atomic E-state index is 12.9. The highest BCUT2D eigenvalue weighted by atomic mass is 32.2. The predicted octanol–water partition coefficient (Wildman–Crippen LogP) is 3.67. The fourth-order valence-electron chi connectivity index (χ4n) is 2.58. The molecule has 2 aromatic carbocycles. The van der Waals surface area contributed by atoms with Crippen molar-refractivity contribution in [3.05, 3.63) is 78.4 Å². The minimum atomic E-state index is -3.40. The summed E-state index contributed by atoms with van der Waals surface area (Å²) in [5.74, 6) is -0.132. The predicted molar refractivity (Wildman–Crippen MR) is 106 cm³/mol. The van der Waals surface area contributed by atoms with E-state index in [1.807, 2.05) is 30.3 Å². The van der Waals surface area contributed by atoms with Gasteiger partial charge in [0.2, 0.25) is 10.0 Å². The summed E-state index contributed by atoms with van der Waals surface area (Å²) in [5.41, 5.74) is 1.84. The molecule has 0 heterocycles. The maximum atomic E-state index is 12.9. The lowest BCUT2D eigenvalue weighted by molar-refractivity contribution is 0.0762. The van der Waals surface area contributed by atoms with Crippen LogP contribution in [0.25, 0.3) is 0 Å². The molecule has 2 rings (SSSR count). The molecule has 6 heteroatoms. The lowest BCUT2D eigenvalue weighted by Crippen LogP contribution is -2.30. The smallest absolute Gasteiger partial charge is 0.254 e. The number of benzene rings is 2. The van der Waals surface area contributed by atoms with E-state index < -0.39 is 10.0 Å². The van der Waals surface area contributed by atoms with E-state index in [0.29, 0.717) is 30.8 Å². The number of hydrogen-bond acceptors (Lipinski definition) is 3. The highest BCUT2D eigenvalue weighted by molar-refractivity contribution is 7.92. The zero-order valence-electron chi connectivity index (χ0n) is 14.9. The first-order valence-corrected chi connectivity index (χ1v) is 10.1. The largest absolute Gasteiger partial charge is 0.331 e. The highest BCUT2D eigenvalue weighted by Crippen LogP contribution is 2.16. The molecule has 0 bridgehead atoms. The van der Waals surface area contributed by atoms with Gasteiger partial charge in [0, 0.05) is 24.3 Å². The van der Waals surface area contributed by atoms with E-state index in [1.54, 1.807) is 42.2 Å². The number of nitrogens with one attached hydrogen (secondary N) is 1. The molecule has 0 spiro atoms. The van der Waals surface area contributed by atoms with Gasteiger partial charge in [0.25, 0.3) is 5.91 Å². The van der Waals surface area contributed by atoms with Crippen LogP contribution in [0.3, 0.4) is 0 Å². The standard InChI is InChI=1S/C20H24N2O3S/c1-3-13-22(16-17-9-6-5-7-10-17)20(23)18-11-8-12-19(15-18)21-26(24,25)14-4-2/h3,5-12,15,21H,1,4,13-14,16H2,2H3. The molecule has 0 aliphatic carbocycles. The molecular formula is C20H24N2O3S. The van der Waals surface area contributed by atoms with Gasteiger partial charge < -0.3 is 4.90 Å². The summed E-state index contributed by atoms with van der Waals surface area (Å²) < 4.78 is 26.4. The van der Waals surface area contributed by atoms with Gasteiger partial charge in [-0.25, -0.2) is 8.42 Å². The number of sulfonamides is 1. The van der Waals surface area contributed by atoms with Gasteiger partial charge in [-0.3, -0.25) is 9.52 Å². The Bertz CT molecular complexity index is 848. The number of hydrogen-bond donors (Lipinski definition) is 1. The molecule has 0 aliphatic heterocycles. The van der Waals surface area contributed by atoms with E-state index in [1.165, 1.54) is 0 Å². The molecule has 0 fully saturated rings. The third-order valence-electron chi connectivity index (χ3n) is 3.71. The highest BCUT2D eigenvalue weighted by Gasteiger charge is 2.16. The minimum Gasteiger partial charge on any atom is -0.331 e. The first-order valence-electron chi connectivity index (χ1n) is 8.50. The van der Waals surface area contributed by atoms with Crippen LogP contribution in [0.1, 0.15) is 29.3 Å². The Morgan fingerprint density at radius 1 is 1.15 bits per heavy atom. The second-order valence-corrected chi connectivity index (χ2v) is 7.80. The zero-order chi connectivity index (χ0) is 19.0. The number of carbonyl (C=O) groups is 1. The summed E-state index contributed by atoms with van der Waals surface area (Å²) in [7, 11) is -3.40. The third kappa shape index (κ3) is 5.74. The quantitative estimate of drug-likeness (QED) is 0.683. The molecule has 0 saturated heterocycles. The van der Waals surface area contributed by atoms with Gasteiger partial charge in [-0.05, 0) is 30.2 Å². The van der Waals surface area contributed by atoms with Crippen molar-refractivity contribution in [2.24, 2.45) is 0 Å². The summed E-state index contributed by atoms with van der Waals surface area (Å²) in [4.78, 5) is 14.6. The Hall–Kier alpha value is -2.60. The van der Waals surface area contributed by atoms with Crippen molar-refractivity contribution in [1.29, 1.82) is 0 Å². The second-order valence-electron chi connectivity index (χ2n) is 5.96. The number of rotatable bonds is 9. The Balaban J connectivity index is 2.20. The summed E-state index contributed by atoms with van der Waals surface area (Å²) in [6.07, 6.45) is 2.20. The van der Waals surface area contributed by atoms with Crippen LogP contribution in [0.15, 0.2) is 67.3 Å². The van der Waals surface area contributed by atoms with Crippen molar-refractivity contribution in [2.75, 3.05) is 17.0 Å². The average Bonchev–Trinajstić information content (AvgIpc) is 2.61. The van der Waals surface area contributed by atoms with Gasteiger partial charge in [0.1, 0.15) is 0 Å². The molecule has 0 radical (unpaired) electrons. The molecule has 0 atom stereocenters. The van der Waals surface area contributed by atoms with Crippen molar-refractivity contribution < 1.29 is 13.2 Å². The monoisotopic (exact) mass is 372 g/mol. The fraction of sp³-hybridized carbons (Fsp3) is 0.250. The topological polar surface area (TPSA) is 66.5 Å². The van der Waals surface area contributed by atoms with E-state index in [4.69, 9.17) is 0 Å². The summed E-state index contributed by atoms with van der Waals surface area (Å²) in [5, 5.41) is 0. The molecule has 138 valence electrons. The maximum Gasteiger partial charge on any atom is 0.254 e. The van der Waals surface area contributed by atoms with Gasteiger partial charge >= 0.3 is 0 Å². The Labute approximate surface area is 155 Å². The van der Waals surface area contributed by atoms with Crippen molar-refractivity contribution in [1.82, 2.24) is 4.90 Å². The van der Waals surface area contributed by atoms with Crippen molar-refractivity contribution >= 4 is 21.6 Å². The van der Waals surface area contributed by atoms with Crippen molar-refractivity contribution in [2.45, 2.75) is 19.9 Å². The van der Waals surface area contributed by atoms with Crippen LogP contribution < -0.4 is 4.72 Å². The summed E-state index contributed by atoms with van der Waals surface area (Å²) in [6.45, 7) is 6.38. The lowest BCUT2D eigenvalue weighted by Gasteiger charge is -2.21. The first kappa shape index (κ1) is 19.7. The molecule has 0 aliphatic rings. The molecular weight excluding hydrogens is 348 g/mol. The van der Waals surface area contributed by atoms with Gasteiger partial charge in [-0.2, -0.15) is 0 Å². The van der Waals surface area contributed by atoms with Crippen LogP contribution in [0, 0.1) is 0 Å². The fourth-order valence-corrected chi connectivity index (χ4v) is 3.70. The van der Waals surface area contributed by atoms with Gasteiger partial charge in [-0.1, -0.05) is 49.4 Å². The van der Waals surface area contributed by atoms with Crippen molar-refractivity contribution in [3.8, 4) is 0 Å². The SMILES string of the molecule is C=CCN(Cc1ccccc1)C(=O)c1cccc(NS(=O)(=O)CCC)c1. The van der Waals surface area contributed by atoms with Crippen LogP contribution in [0.5, 0.6) is 0 Å². The van der Waals surface area contributed by atoms with Crippen LogP contribution in [-0.2, 0) is 16.6 Å². The van der Waals surface area contributed by atoms with E-state index >= 15 is 0 Å². The summed E-state index contributed by atoms with van der Waals surface area (Å²) in [6, 6.07) is 16.2. The van der Waals surface area contributed by atoms with Crippen LogP contribution in [0.4, 0.5) is 5.69 Å². The normalized spacial score (nSPS) is 11.0. The average molecular weight is 372 g/mol.